The van der Waals surface area contributed by atoms with Gasteiger partial charge < -0.3 is 19.4 Å². The molecule has 2 heterocycles. The Morgan fingerprint density at radius 3 is 2.46 bits per heavy atom. The standard InChI is InChI=1S/C27H24N4O5S/c1-16(32)28-18-5-9-20(10-6-18)36-21-11-12-22-23(14-21)31(2)25(29-22)15-35-19-7-3-17(4-8-19)13-24-26(33)30-27(34)37-24/h3-12,14,24H,13,15H2,1-2H3,(H,28,32)(H,30,33,34)/i24D. The number of carbonyl (C=O) groups is 3. The number of imide groups is 1. The molecule has 0 bridgehead atoms. The highest BCUT2D eigenvalue weighted by atomic mass is 32.2. The first kappa shape index (κ1) is 23.1. The van der Waals surface area contributed by atoms with Crippen LogP contribution in [-0.4, -0.2) is 31.8 Å². The smallest absolute Gasteiger partial charge is 0.286 e. The summed E-state index contributed by atoms with van der Waals surface area (Å²) in [5, 5.41) is 2.84. The summed E-state index contributed by atoms with van der Waals surface area (Å²) in [7, 11) is 1.91. The zero-order chi connectivity index (χ0) is 26.9. The summed E-state index contributed by atoms with van der Waals surface area (Å²) in [6.07, 6.45) is 0.115. The van der Waals surface area contributed by atoms with Gasteiger partial charge in [-0.05, 0) is 60.5 Å². The van der Waals surface area contributed by atoms with Crippen LogP contribution in [-0.2, 0) is 29.7 Å². The van der Waals surface area contributed by atoms with Crippen molar-refractivity contribution >= 4 is 45.5 Å². The number of aromatic nitrogens is 2. The SMILES string of the molecule is [2H]C1(Cc2ccc(OCc3nc4ccc(Oc5ccc(NC(C)=O)cc5)cc4n3C)cc2)SC(=O)NC1=O. The minimum Gasteiger partial charge on any atom is -0.486 e. The van der Waals surface area contributed by atoms with Crippen molar-refractivity contribution in [3.63, 3.8) is 0 Å². The van der Waals surface area contributed by atoms with Gasteiger partial charge in [0, 0.05) is 25.7 Å². The van der Waals surface area contributed by atoms with Crippen molar-refractivity contribution in [3.8, 4) is 17.2 Å². The number of thioether (sulfide) groups is 1. The molecule has 1 aliphatic heterocycles. The van der Waals surface area contributed by atoms with Crippen molar-refractivity contribution < 1.29 is 25.2 Å². The van der Waals surface area contributed by atoms with Crippen molar-refractivity contribution in [1.29, 1.82) is 0 Å². The van der Waals surface area contributed by atoms with Gasteiger partial charge in [0.1, 0.15) is 29.7 Å². The van der Waals surface area contributed by atoms with Gasteiger partial charge in [0.25, 0.3) is 5.24 Å². The zero-order valence-electron chi connectivity index (χ0n) is 21.1. The number of carbonyl (C=O) groups excluding carboxylic acids is 3. The summed E-state index contributed by atoms with van der Waals surface area (Å²) in [5.41, 5.74) is 3.14. The fraction of sp³-hybridized carbons (Fsp3) is 0.185. The lowest BCUT2D eigenvalue weighted by molar-refractivity contribution is -0.119. The first-order chi connectivity index (χ1) is 18.2. The van der Waals surface area contributed by atoms with Gasteiger partial charge in [-0.15, -0.1) is 0 Å². The third-order valence-electron chi connectivity index (χ3n) is 5.70. The van der Waals surface area contributed by atoms with Crippen molar-refractivity contribution in [1.82, 2.24) is 14.9 Å². The molecule has 10 heteroatoms. The first-order valence-corrected chi connectivity index (χ1v) is 12.3. The van der Waals surface area contributed by atoms with Gasteiger partial charge >= 0.3 is 0 Å². The van der Waals surface area contributed by atoms with E-state index < -0.39 is 16.4 Å². The average Bonchev–Trinajstić information content (AvgIpc) is 3.32. The summed E-state index contributed by atoms with van der Waals surface area (Å²) < 4.78 is 22.1. The molecule has 188 valence electrons. The first-order valence-electron chi connectivity index (χ1n) is 12.0. The molecule has 1 aromatic heterocycles. The maximum absolute atomic E-state index is 11.9. The number of ether oxygens (including phenoxy) is 2. The molecule has 3 amide bonds. The lowest BCUT2D eigenvalue weighted by atomic mass is 10.1. The second-order valence-electron chi connectivity index (χ2n) is 8.42. The van der Waals surface area contributed by atoms with Gasteiger partial charge in [-0.3, -0.25) is 19.7 Å². The molecule has 37 heavy (non-hydrogen) atoms. The summed E-state index contributed by atoms with van der Waals surface area (Å²) in [5.74, 6) is 1.91. The number of anilines is 1. The largest absolute Gasteiger partial charge is 0.486 e. The molecule has 9 nitrogen and oxygen atoms in total. The summed E-state index contributed by atoms with van der Waals surface area (Å²) >= 11 is 0.692. The van der Waals surface area contributed by atoms with Crippen LogP contribution in [0.3, 0.4) is 0 Å². The highest BCUT2D eigenvalue weighted by Crippen LogP contribution is 2.28. The highest BCUT2D eigenvalue weighted by molar-refractivity contribution is 8.15. The van der Waals surface area contributed by atoms with E-state index in [1.807, 2.05) is 29.8 Å². The predicted molar refractivity (Wildman–Crippen MR) is 141 cm³/mol. The van der Waals surface area contributed by atoms with Crippen molar-refractivity contribution in [2.24, 2.45) is 7.05 Å². The van der Waals surface area contributed by atoms with E-state index in [2.05, 4.69) is 15.6 Å². The molecule has 3 aromatic carbocycles. The molecule has 1 unspecified atom stereocenters. The number of hydrogen-bond acceptors (Lipinski definition) is 7. The minimum atomic E-state index is -1.55. The van der Waals surface area contributed by atoms with Crippen LogP contribution in [0.25, 0.3) is 11.0 Å². The number of imidazole rings is 1. The predicted octanol–water partition coefficient (Wildman–Crippen LogP) is 4.80. The lowest BCUT2D eigenvalue weighted by Crippen LogP contribution is -2.25. The Balaban J connectivity index is 1.23. The molecule has 5 rings (SSSR count). The number of hydrogen-bond donors (Lipinski definition) is 2. The van der Waals surface area contributed by atoms with Crippen LogP contribution in [0.4, 0.5) is 10.5 Å². The molecule has 2 N–H and O–H groups in total. The normalized spacial score (nSPS) is 17.4. The third kappa shape index (κ3) is 5.75. The van der Waals surface area contributed by atoms with Crippen LogP contribution in [0.1, 0.15) is 19.7 Å². The molecule has 0 aliphatic carbocycles. The van der Waals surface area contributed by atoms with E-state index in [0.29, 0.717) is 34.7 Å². The van der Waals surface area contributed by atoms with E-state index >= 15 is 0 Å². The van der Waals surface area contributed by atoms with Crippen molar-refractivity contribution in [3.05, 3.63) is 78.1 Å². The fourth-order valence-electron chi connectivity index (χ4n) is 3.86. The quantitative estimate of drug-likeness (QED) is 0.345. The Hall–Kier alpha value is -4.31. The van der Waals surface area contributed by atoms with Crippen LogP contribution in [0, 0.1) is 0 Å². The van der Waals surface area contributed by atoms with Gasteiger partial charge in [0.2, 0.25) is 11.8 Å². The maximum atomic E-state index is 11.9. The van der Waals surface area contributed by atoms with Gasteiger partial charge in [-0.1, -0.05) is 23.9 Å². The summed E-state index contributed by atoms with van der Waals surface area (Å²) in [4.78, 5) is 39.2. The molecule has 0 saturated carbocycles. The second-order valence-corrected chi connectivity index (χ2v) is 9.49. The Bertz CT molecular complexity index is 1540. The number of aryl methyl sites for hydroxylation is 1. The maximum Gasteiger partial charge on any atom is 0.286 e. The number of amides is 3. The Labute approximate surface area is 218 Å². The number of nitrogens with one attached hydrogen (secondary N) is 2. The van der Waals surface area contributed by atoms with E-state index in [4.69, 9.17) is 10.8 Å². The van der Waals surface area contributed by atoms with E-state index in [1.54, 1.807) is 48.5 Å². The third-order valence-corrected chi connectivity index (χ3v) is 6.56. The Kier molecular flexibility index (Phi) is 6.47. The summed E-state index contributed by atoms with van der Waals surface area (Å²) in [6, 6.07) is 19.8. The number of nitrogens with zero attached hydrogens (tertiary/aromatic N) is 2. The average molecular weight is 518 g/mol. The fourth-order valence-corrected chi connectivity index (χ4v) is 4.61. The van der Waals surface area contributed by atoms with Gasteiger partial charge in [0.15, 0.2) is 0 Å². The van der Waals surface area contributed by atoms with E-state index in [0.717, 1.165) is 22.4 Å². The molecule has 1 fully saturated rings. The van der Waals surface area contributed by atoms with Crippen molar-refractivity contribution in [2.75, 3.05) is 5.32 Å². The summed E-state index contributed by atoms with van der Waals surface area (Å²) in [6.45, 7) is 1.70. The topological polar surface area (TPSA) is 112 Å². The molecule has 1 saturated heterocycles. The monoisotopic (exact) mass is 517 g/mol. The van der Waals surface area contributed by atoms with E-state index in [1.165, 1.54) is 6.92 Å². The molecule has 1 atom stereocenters. The Morgan fingerprint density at radius 2 is 1.78 bits per heavy atom. The van der Waals surface area contributed by atoms with Gasteiger partial charge in [0.05, 0.1) is 17.6 Å². The highest BCUT2D eigenvalue weighted by Gasteiger charge is 2.31. The van der Waals surface area contributed by atoms with Crippen LogP contribution in [0.5, 0.6) is 17.2 Å². The van der Waals surface area contributed by atoms with Crippen LogP contribution < -0.4 is 20.1 Å². The minimum absolute atomic E-state index is 0.115. The second kappa shape index (κ2) is 10.4. The van der Waals surface area contributed by atoms with Crippen LogP contribution in [0.2, 0.25) is 0 Å². The molecule has 1 aliphatic rings. The number of benzene rings is 3. The van der Waals surface area contributed by atoms with Crippen molar-refractivity contribution in [2.45, 2.75) is 25.2 Å². The molecule has 0 spiro atoms. The van der Waals surface area contributed by atoms with E-state index in [9.17, 15) is 14.4 Å². The van der Waals surface area contributed by atoms with Crippen LogP contribution >= 0.6 is 11.8 Å². The number of rotatable bonds is 8. The van der Waals surface area contributed by atoms with Gasteiger partial charge in [-0.2, -0.15) is 0 Å². The Morgan fingerprint density at radius 1 is 1.08 bits per heavy atom. The van der Waals surface area contributed by atoms with Gasteiger partial charge in [-0.25, -0.2) is 4.98 Å². The zero-order valence-corrected chi connectivity index (χ0v) is 20.9. The van der Waals surface area contributed by atoms with E-state index in [-0.39, 0.29) is 18.9 Å². The molecule has 0 radical (unpaired) electrons. The molecular weight excluding hydrogens is 492 g/mol. The lowest BCUT2D eigenvalue weighted by Gasteiger charge is -2.09. The number of fused-ring (bicyclic) bond motifs is 1. The molecular formula is C27H24N4O5S. The van der Waals surface area contributed by atoms with Crippen LogP contribution in [0.15, 0.2) is 66.7 Å². The molecule has 4 aromatic rings.